The monoisotopic (exact) mass is 719 g/mol. The standard InChI is InChI=1S/C39H27Cl2N3O5S/c1-22(37(47)43-32-16-8-15-30-34(32)36(46)29-14-6-5-13-28(29)35(30)45)50-27-12-7-11-26(21-27)42-39(49)33(19-24-17-18-25(40)20-31(24)41)44-38(48)23-9-3-2-4-10-23/h2-22H,1H3,(H,42,49)(H,43,47)(H,44,48)/b33-19+. The molecule has 0 aromatic heterocycles. The van der Waals surface area contributed by atoms with Crippen molar-refractivity contribution in [3.8, 4) is 0 Å². The first-order chi connectivity index (χ1) is 24.1. The summed E-state index contributed by atoms with van der Waals surface area (Å²) in [5.74, 6) is -2.09. The Balaban J connectivity index is 1.17. The second kappa shape index (κ2) is 15.0. The van der Waals surface area contributed by atoms with Crippen LogP contribution in [0.3, 0.4) is 0 Å². The van der Waals surface area contributed by atoms with E-state index in [1.165, 1.54) is 23.9 Å². The minimum absolute atomic E-state index is 0.0595. The lowest BCUT2D eigenvalue weighted by Crippen LogP contribution is -2.30. The van der Waals surface area contributed by atoms with Gasteiger partial charge in [0.1, 0.15) is 5.70 Å². The van der Waals surface area contributed by atoms with Crippen LogP contribution in [0.1, 0.15) is 54.7 Å². The zero-order valence-corrected chi connectivity index (χ0v) is 28.7. The third kappa shape index (κ3) is 7.55. The minimum Gasteiger partial charge on any atom is -0.324 e. The molecule has 0 heterocycles. The van der Waals surface area contributed by atoms with Crippen LogP contribution in [0, 0.1) is 0 Å². The molecule has 0 aliphatic heterocycles. The van der Waals surface area contributed by atoms with E-state index in [4.69, 9.17) is 23.2 Å². The van der Waals surface area contributed by atoms with Gasteiger partial charge in [-0.15, -0.1) is 11.8 Å². The van der Waals surface area contributed by atoms with E-state index in [9.17, 15) is 24.0 Å². The van der Waals surface area contributed by atoms with E-state index in [-0.39, 0.29) is 40.0 Å². The number of carbonyl (C=O) groups is 5. The maximum atomic E-state index is 13.6. The molecular formula is C39H27Cl2N3O5S. The molecule has 0 radical (unpaired) electrons. The molecule has 8 nitrogen and oxygen atoms in total. The number of nitrogens with one attached hydrogen (secondary N) is 3. The normalized spacial score (nSPS) is 12.7. The summed E-state index contributed by atoms with van der Waals surface area (Å²) in [5.41, 5.74) is 2.46. The van der Waals surface area contributed by atoms with Crippen molar-refractivity contribution >= 4 is 81.7 Å². The number of hydrogen-bond donors (Lipinski definition) is 3. The average Bonchev–Trinajstić information content (AvgIpc) is 3.11. The fourth-order valence-electron chi connectivity index (χ4n) is 5.30. The van der Waals surface area contributed by atoms with Crippen LogP contribution in [0.4, 0.5) is 11.4 Å². The Bertz CT molecular complexity index is 2220. The molecule has 3 amide bonds. The maximum absolute atomic E-state index is 13.6. The van der Waals surface area contributed by atoms with E-state index in [2.05, 4.69) is 16.0 Å². The number of carbonyl (C=O) groups excluding carboxylic acids is 5. The SMILES string of the molecule is CC(Sc1cccc(NC(=O)/C(=C\c2ccc(Cl)cc2Cl)NC(=O)c2ccccc2)c1)C(=O)Nc1cccc2c1C(=O)c1ccccc1C2=O. The highest BCUT2D eigenvalue weighted by Crippen LogP contribution is 2.33. The Morgan fingerprint density at radius 3 is 2.14 bits per heavy atom. The Morgan fingerprint density at radius 2 is 1.40 bits per heavy atom. The van der Waals surface area contributed by atoms with Gasteiger partial charge in [-0.3, -0.25) is 24.0 Å². The Hall–Kier alpha value is -5.48. The van der Waals surface area contributed by atoms with E-state index < -0.39 is 17.1 Å². The smallest absolute Gasteiger partial charge is 0.272 e. The first-order valence-corrected chi connectivity index (χ1v) is 17.0. The summed E-state index contributed by atoms with van der Waals surface area (Å²) in [5, 5.41) is 8.39. The molecule has 1 aliphatic carbocycles. The Kier molecular flexibility index (Phi) is 10.3. The zero-order valence-electron chi connectivity index (χ0n) is 26.3. The van der Waals surface area contributed by atoms with Crippen LogP contribution >= 0.6 is 35.0 Å². The van der Waals surface area contributed by atoms with Crippen molar-refractivity contribution < 1.29 is 24.0 Å². The highest BCUT2D eigenvalue weighted by Gasteiger charge is 2.32. The largest absolute Gasteiger partial charge is 0.324 e. The summed E-state index contributed by atoms with van der Waals surface area (Å²) < 4.78 is 0. The third-order valence-corrected chi connectivity index (χ3v) is 9.43. The Morgan fingerprint density at radius 1 is 0.720 bits per heavy atom. The number of rotatable bonds is 9. The molecule has 5 aromatic carbocycles. The summed E-state index contributed by atoms with van der Waals surface area (Å²) >= 11 is 13.6. The van der Waals surface area contributed by atoms with Crippen molar-refractivity contribution in [1.82, 2.24) is 5.32 Å². The van der Waals surface area contributed by atoms with Crippen LogP contribution in [0.2, 0.25) is 10.0 Å². The molecule has 11 heteroatoms. The van der Waals surface area contributed by atoms with Gasteiger partial charge in [-0.25, -0.2) is 0 Å². The summed E-state index contributed by atoms with van der Waals surface area (Å²) in [4.78, 5) is 67.1. The maximum Gasteiger partial charge on any atom is 0.272 e. The van der Waals surface area contributed by atoms with E-state index in [0.717, 1.165) is 0 Å². The van der Waals surface area contributed by atoms with E-state index in [1.807, 2.05) is 0 Å². The molecule has 6 rings (SSSR count). The predicted octanol–water partition coefficient (Wildman–Crippen LogP) is 8.30. The summed E-state index contributed by atoms with van der Waals surface area (Å²) in [6.45, 7) is 1.71. The van der Waals surface area contributed by atoms with Gasteiger partial charge in [0.05, 0.1) is 16.5 Å². The first kappa shape index (κ1) is 34.4. The molecule has 50 heavy (non-hydrogen) atoms. The molecule has 0 saturated heterocycles. The highest BCUT2D eigenvalue weighted by molar-refractivity contribution is 8.00. The lowest BCUT2D eigenvalue weighted by atomic mass is 9.83. The molecule has 0 saturated carbocycles. The van der Waals surface area contributed by atoms with Gasteiger partial charge in [0, 0.05) is 42.9 Å². The quantitative estimate of drug-likeness (QED) is 0.102. The van der Waals surface area contributed by atoms with Crippen LogP contribution < -0.4 is 16.0 Å². The van der Waals surface area contributed by atoms with Gasteiger partial charge >= 0.3 is 0 Å². The number of hydrogen-bond acceptors (Lipinski definition) is 6. The topological polar surface area (TPSA) is 121 Å². The van der Waals surface area contributed by atoms with Gasteiger partial charge in [-0.1, -0.05) is 89.9 Å². The van der Waals surface area contributed by atoms with Gasteiger partial charge in [-0.05, 0) is 67.1 Å². The van der Waals surface area contributed by atoms with Crippen LogP contribution in [-0.4, -0.2) is 34.5 Å². The highest BCUT2D eigenvalue weighted by atomic mass is 35.5. The summed E-state index contributed by atoms with van der Waals surface area (Å²) in [6, 6.07) is 31.5. The van der Waals surface area contributed by atoms with Crippen LogP contribution in [0.5, 0.6) is 0 Å². The number of halogens is 2. The van der Waals surface area contributed by atoms with Crippen molar-refractivity contribution in [1.29, 1.82) is 0 Å². The number of ketones is 2. The molecule has 0 fully saturated rings. The van der Waals surface area contributed by atoms with Crippen molar-refractivity contribution in [2.45, 2.75) is 17.1 Å². The number of anilines is 2. The minimum atomic E-state index is -0.633. The van der Waals surface area contributed by atoms with Crippen LogP contribution in [-0.2, 0) is 9.59 Å². The van der Waals surface area contributed by atoms with Crippen molar-refractivity contribution in [2.75, 3.05) is 10.6 Å². The van der Waals surface area contributed by atoms with Gasteiger partial charge < -0.3 is 16.0 Å². The van der Waals surface area contributed by atoms with E-state index >= 15 is 0 Å². The molecule has 0 spiro atoms. The lowest BCUT2D eigenvalue weighted by Gasteiger charge is -2.21. The predicted molar refractivity (Wildman–Crippen MR) is 197 cm³/mol. The first-order valence-electron chi connectivity index (χ1n) is 15.3. The second-order valence-electron chi connectivity index (χ2n) is 11.2. The van der Waals surface area contributed by atoms with Gasteiger partial charge in [0.15, 0.2) is 11.6 Å². The van der Waals surface area contributed by atoms with Crippen molar-refractivity contribution in [2.24, 2.45) is 0 Å². The molecule has 1 aliphatic rings. The average molecular weight is 721 g/mol. The van der Waals surface area contributed by atoms with Gasteiger partial charge in [-0.2, -0.15) is 0 Å². The summed E-state index contributed by atoms with van der Waals surface area (Å²) in [6.07, 6.45) is 1.46. The molecule has 0 bridgehead atoms. The number of thioether (sulfide) groups is 1. The summed E-state index contributed by atoms with van der Waals surface area (Å²) in [7, 11) is 0. The zero-order chi connectivity index (χ0) is 35.4. The van der Waals surface area contributed by atoms with E-state index in [0.29, 0.717) is 42.9 Å². The molecule has 3 N–H and O–H groups in total. The van der Waals surface area contributed by atoms with Crippen molar-refractivity contribution in [3.05, 3.63) is 164 Å². The lowest BCUT2D eigenvalue weighted by molar-refractivity contribution is -0.115. The fraction of sp³-hybridized carbons (Fsp3) is 0.0513. The molecule has 1 atom stereocenters. The molecule has 1 unspecified atom stereocenters. The number of benzene rings is 5. The number of fused-ring (bicyclic) bond motifs is 2. The Labute approximate surface area is 301 Å². The van der Waals surface area contributed by atoms with Crippen LogP contribution in [0.25, 0.3) is 6.08 Å². The van der Waals surface area contributed by atoms with Crippen LogP contribution in [0.15, 0.2) is 126 Å². The fourth-order valence-corrected chi connectivity index (χ4v) is 6.69. The second-order valence-corrected chi connectivity index (χ2v) is 13.5. The third-order valence-electron chi connectivity index (χ3n) is 7.78. The molecule has 248 valence electrons. The van der Waals surface area contributed by atoms with Gasteiger partial charge in [0.25, 0.3) is 11.8 Å². The molecular weight excluding hydrogens is 693 g/mol. The van der Waals surface area contributed by atoms with E-state index in [1.54, 1.807) is 116 Å². The number of amides is 3. The van der Waals surface area contributed by atoms with Crippen molar-refractivity contribution in [3.63, 3.8) is 0 Å². The molecule has 5 aromatic rings. The van der Waals surface area contributed by atoms with Gasteiger partial charge in [0.2, 0.25) is 5.91 Å².